The molecule has 0 amide bonds. The van der Waals surface area contributed by atoms with Crippen LogP contribution in [-0.2, 0) is 4.79 Å². The molecular formula is C19H29ClO2. The van der Waals surface area contributed by atoms with Crippen molar-refractivity contribution in [2.75, 3.05) is 0 Å². The van der Waals surface area contributed by atoms with Crippen LogP contribution in [0.2, 0.25) is 0 Å². The minimum Gasteiger partial charge on any atom is -0.387 e. The minimum absolute atomic E-state index is 0.167. The molecule has 0 aliphatic heterocycles. The Balaban J connectivity index is 1.73. The van der Waals surface area contributed by atoms with Gasteiger partial charge in [-0.1, -0.05) is 20.3 Å². The number of carbonyl (C=O) groups is 1. The number of hydrogen-bond donors (Lipinski definition) is 1. The molecule has 22 heavy (non-hydrogen) atoms. The molecule has 124 valence electrons. The third kappa shape index (κ3) is 1.80. The maximum atomic E-state index is 12.0. The van der Waals surface area contributed by atoms with Gasteiger partial charge in [0, 0.05) is 18.3 Å². The van der Waals surface area contributed by atoms with Gasteiger partial charge in [-0.25, -0.2) is 0 Å². The summed E-state index contributed by atoms with van der Waals surface area (Å²) < 4.78 is 0. The Bertz CT molecular complexity index is 506. The first kappa shape index (κ1) is 15.4. The molecule has 0 heterocycles. The third-order valence-corrected chi connectivity index (χ3v) is 8.95. The summed E-state index contributed by atoms with van der Waals surface area (Å²) in [5.74, 6) is 2.19. The lowest BCUT2D eigenvalue weighted by Crippen LogP contribution is -2.66. The molecule has 0 aromatic heterocycles. The largest absolute Gasteiger partial charge is 0.387 e. The van der Waals surface area contributed by atoms with Crippen LogP contribution in [0.15, 0.2) is 0 Å². The number of halogens is 1. The fourth-order valence-corrected chi connectivity index (χ4v) is 7.55. The molecule has 2 nitrogen and oxygen atoms in total. The molecule has 1 N–H and O–H groups in total. The highest BCUT2D eigenvalue weighted by Gasteiger charge is 2.66. The summed E-state index contributed by atoms with van der Waals surface area (Å²) in [5.41, 5.74) is -0.633. The first-order valence-corrected chi connectivity index (χ1v) is 9.62. The van der Waals surface area contributed by atoms with Crippen LogP contribution < -0.4 is 0 Å². The Hall–Kier alpha value is -0.0800. The molecule has 0 unspecified atom stereocenters. The molecule has 4 saturated carbocycles. The van der Waals surface area contributed by atoms with Gasteiger partial charge < -0.3 is 5.11 Å². The van der Waals surface area contributed by atoms with Crippen molar-refractivity contribution in [3.05, 3.63) is 0 Å². The standard InChI is InChI=1S/C19H29ClO2/c1-17-7-3-4-14(17)13-10-16(20)19(22)11-12(21)5-9-18(19,2)15(13)6-8-17/h13-16,22H,3-11H2,1-2H3/t13-,14-,15-,16+,17-,18+,19-/m0/s1. The van der Waals surface area contributed by atoms with Crippen molar-refractivity contribution in [3.63, 3.8) is 0 Å². The summed E-state index contributed by atoms with van der Waals surface area (Å²) >= 11 is 6.74. The maximum Gasteiger partial charge on any atom is 0.135 e. The van der Waals surface area contributed by atoms with Crippen LogP contribution >= 0.6 is 11.6 Å². The Morgan fingerprint density at radius 3 is 2.68 bits per heavy atom. The van der Waals surface area contributed by atoms with Gasteiger partial charge in [-0.05, 0) is 61.7 Å². The van der Waals surface area contributed by atoms with Gasteiger partial charge in [0.05, 0.1) is 11.0 Å². The predicted octanol–water partition coefficient (Wildman–Crippen LogP) is 4.32. The Kier molecular flexibility index (Phi) is 3.32. The topological polar surface area (TPSA) is 37.3 Å². The lowest BCUT2D eigenvalue weighted by molar-refractivity contribution is -0.199. The van der Waals surface area contributed by atoms with E-state index >= 15 is 0 Å². The molecule has 0 saturated heterocycles. The molecule has 7 atom stereocenters. The molecule has 0 aromatic carbocycles. The van der Waals surface area contributed by atoms with E-state index in [-0.39, 0.29) is 23.0 Å². The van der Waals surface area contributed by atoms with Crippen molar-refractivity contribution in [1.82, 2.24) is 0 Å². The van der Waals surface area contributed by atoms with Crippen LogP contribution in [0.3, 0.4) is 0 Å². The summed E-state index contributed by atoms with van der Waals surface area (Å²) in [5, 5.41) is 11.1. The summed E-state index contributed by atoms with van der Waals surface area (Å²) in [7, 11) is 0. The van der Waals surface area contributed by atoms with Gasteiger partial charge in [0.15, 0.2) is 0 Å². The molecule has 4 aliphatic rings. The summed E-state index contributed by atoms with van der Waals surface area (Å²) in [6, 6.07) is 0. The van der Waals surface area contributed by atoms with Gasteiger partial charge in [-0.3, -0.25) is 4.79 Å². The molecule has 0 bridgehead atoms. The maximum absolute atomic E-state index is 12.0. The lowest BCUT2D eigenvalue weighted by Gasteiger charge is -2.64. The number of rotatable bonds is 0. The van der Waals surface area contributed by atoms with E-state index in [2.05, 4.69) is 13.8 Å². The number of carbonyl (C=O) groups excluding carboxylic acids is 1. The molecule has 4 rings (SSSR count). The first-order valence-electron chi connectivity index (χ1n) is 9.18. The zero-order valence-corrected chi connectivity index (χ0v) is 14.7. The second-order valence-corrected chi connectivity index (χ2v) is 9.75. The monoisotopic (exact) mass is 324 g/mol. The van der Waals surface area contributed by atoms with Gasteiger partial charge in [0.1, 0.15) is 5.78 Å². The van der Waals surface area contributed by atoms with Crippen molar-refractivity contribution in [2.45, 2.75) is 82.6 Å². The second-order valence-electron chi connectivity index (χ2n) is 9.22. The molecule has 0 spiro atoms. The van der Waals surface area contributed by atoms with E-state index in [9.17, 15) is 9.90 Å². The normalized spacial score (nSPS) is 57.9. The van der Waals surface area contributed by atoms with E-state index in [1.54, 1.807) is 0 Å². The highest BCUT2D eigenvalue weighted by molar-refractivity contribution is 6.21. The fourth-order valence-electron chi connectivity index (χ4n) is 7.02. The van der Waals surface area contributed by atoms with Gasteiger partial charge in [0.25, 0.3) is 0 Å². The summed E-state index contributed by atoms with van der Waals surface area (Å²) in [6.45, 7) is 4.72. The third-order valence-electron chi connectivity index (χ3n) is 8.41. The van der Waals surface area contributed by atoms with Crippen molar-refractivity contribution < 1.29 is 9.90 Å². The zero-order valence-electron chi connectivity index (χ0n) is 13.9. The second kappa shape index (κ2) is 4.72. The zero-order chi connectivity index (χ0) is 15.8. The van der Waals surface area contributed by atoms with Gasteiger partial charge in [-0.2, -0.15) is 0 Å². The molecule has 3 heteroatoms. The summed E-state index contributed by atoms with van der Waals surface area (Å²) in [6.07, 6.45) is 9.23. The van der Waals surface area contributed by atoms with E-state index in [0.29, 0.717) is 23.7 Å². The van der Waals surface area contributed by atoms with Crippen molar-refractivity contribution in [1.29, 1.82) is 0 Å². The molecular weight excluding hydrogens is 296 g/mol. The van der Waals surface area contributed by atoms with E-state index < -0.39 is 5.60 Å². The van der Waals surface area contributed by atoms with E-state index in [4.69, 9.17) is 11.6 Å². The highest BCUT2D eigenvalue weighted by atomic mass is 35.5. The number of fused-ring (bicyclic) bond motifs is 5. The average molecular weight is 325 g/mol. The number of hydrogen-bond acceptors (Lipinski definition) is 2. The Morgan fingerprint density at radius 1 is 1.14 bits per heavy atom. The predicted molar refractivity (Wildman–Crippen MR) is 87.8 cm³/mol. The Morgan fingerprint density at radius 2 is 1.91 bits per heavy atom. The summed E-state index contributed by atoms with van der Waals surface area (Å²) in [4.78, 5) is 12.0. The Labute approximate surface area is 139 Å². The van der Waals surface area contributed by atoms with E-state index in [1.165, 1.54) is 32.1 Å². The molecule has 4 aliphatic carbocycles. The number of alkyl halides is 1. The lowest BCUT2D eigenvalue weighted by atomic mass is 9.43. The van der Waals surface area contributed by atoms with Crippen LogP contribution in [0.4, 0.5) is 0 Å². The fraction of sp³-hybridized carbons (Fsp3) is 0.947. The molecule has 4 fully saturated rings. The van der Waals surface area contributed by atoms with Crippen LogP contribution in [-0.4, -0.2) is 21.9 Å². The minimum atomic E-state index is -0.975. The average Bonchev–Trinajstić information content (AvgIpc) is 2.84. The first-order chi connectivity index (χ1) is 10.3. The van der Waals surface area contributed by atoms with Crippen molar-refractivity contribution >= 4 is 17.4 Å². The molecule has 0 radical (unpaired) electrons. The molecule has 0 aromatic rings. The van der Waals surface area contributed by atoms with E-state index in [0.717, 1.165) is 18.8 Å². The number of aliphatic hydroxyl groups is 1. The van der Waals surface area contributed by atoms with E-state index in [1.807, 2.05) is 0 Å². The van der Waals surface area contributed by atoms with Crippen LogP contribution in [0.5, 0.6) is 0 Å². The smallest absolute Gasteiger partial charge is 0.135 e. The van der Waals surface area contributed by atoms with Gasteiger partial charge >= 0.3 is 0 Å². The SMILES string of the molecule is C[C@@]12CCC[C@H]1[C@@H]1C[C@@H](Cl)[C@@]3(O)CC(=O)CC[C@]3(C)[C@H]1CC2. The van der Waals surface area contributed by atoms with Gasteiger partial charge in [0.2, 0.25) is 0 Å². The van der Waals surface area contributed by atoms with Crippen LogP contribution in [0.25, 0.3) is 0 Å². The highest BCUT2D eigenvalue weighted by Crippen LogP contribution is 2.67. The number of Topliss-reactive ketones (excluding diaryl/α,β-unsaturated/α-hetero) is 1. The number of ketones is 1. The van der Waals surface area contributed by atoms with Gasteiger partial charge in [-0.15, -0.1) is 11.6 Å². The van der Waals surface area contributed by atoms with Crippen molar-refractivity contribution in [2.24, 2.45) is 28.6 Å². The van der Waals surface area contributed by atoms with Crippen molar-refractivity contribution in [3.8, 4) is 0 Å². The quantitative estimate of drug-likeness (QED) is 0.674. The van der Waals surface area contributed by atoms with Crippen LogP contribution in [0.1, 0.15) is 71.6 Å². The van der Waals surface area contributed by atoms with Crippen LogP contribution in [0, 0.1) is 28.6 Å².